The number of nitro groups is 1. The molecule has 0 spiro atoms. The highest BCUT2D eigenvalue weighted by Gasteiger charge is 2.33. The van der Waals surface area contributed by atoms with Gasteiger partial charge in [-0.1, -0.05) is 35.6 Å². The Morgan fingerprint density at radius 3 is 2.82 bits per heavy atom. The van der Waals surface area contributed by atoms with Crippen molar-refractivity contribution in [3.8, 4) is 0 Å². The van der Waals surface area contributed by atoms with Crippen LogP contribution in [0.25, 0.3) is 6.08 Å². The molecule has 1 amide bonds. The first-order valence-corrected chi connectivity index (χ1v) is 7.31. The van der Waals surface area contributed by atoms with Crippen LogP contribution in [0.3, 0.4) is 0 Å². The number of thiocarbonyl (C=S) groups is 1. The van der Waals surface area contributed by atoms with Crippen LogP contribution in [0.15, 0.2) is 23.1 Å². The highest BCUT2D eigenvalue weighted by Crippen LogP contribution is 2.34. The zero-order chi connectivity index (χ0) is 16.4. The maximum Gasteiger partial charge on any atom is 0.323 e. The van der Waals surface area contributed by atoms with Gasteiger partial charge in [-0.2, -0.15) is 0 Å². The number of carbonyl (C=O) groups excluding carboxylic acids is 1. The van der Waals surface area contributed by atoms with Gasteiger partial charge in [0.1, 0.15) is 10.9 Å². The number of hydrogen-bond acceptors (Lipinski definition) is 6. The number of thioether (sulfide) groups is 1. The van der Waals surface area contributed by atoms with Crippen molar-refractivity contribution < 1.29 is 19.6 Å². The minimum absolute atomic E-state index is 0.111. The fourth-order valence-corrected chi connectivity index (χ4v) is 3.09. The number of rotatable bonds is 4. The van der Waals surface area contributed by atoms with Crippen LogP contribution in [0.5, 0.6) is 0 Å². The number of carboxylic acids is 1. The highest BCUT2D eigenvalue weighted by molar-refractivity contribution is 8.26. The second-order valence-corrected chi connectivity index (χ2v) is 6.21. The summed E-state index contributed by atoms with van der Waals surface area (Å²) in [5, 5.41) is 19.7. The first kappa shape index (κ1) is 16.4. The molecule has 0 radical (unpaired) electrons. The Hall–Kier alpha value is -1.97. The average molecular weight is 359 g/mol. The molecule has 114 valence electrons. The van der Waals surface area contributed by atoms with Crippen LogP contribution in [0.1, 0.15) is 5.56 Å². The molecular formula is C12H7ClN2O5S2. The standard InChI is InChI=1S/C12H7ClN2O5S2/c13-8-2-1-7(15(19)20)3-6(8)4-9-11(18)14(5-10(16)17)12(21)22-9/h1-4H,5H2,(H,16,17)/b9-4+. The van der Waals surface area contributed by atoms with E-state index < -0.39 is 23.3 Å². The molecule has 7 nitrogen and oxygen atoms in total. The van der Waals surface area contributed by atoms with E-state index in [1.54, 1.807) is 0 Å². The molecule has 0 atom stereocenters. The van der Waals surface area contributed by atoms with E-state index in [4.69, 9.17) is 28.9 Å². The summed E-state index contributed by atoms with van der Waals surface area (Å²) in [4.78, 5) is 34.1. The molecule has 0 bridgehead atoms. The minimum atomic E-state index is -1.19. The second kappa shape index (κ2) is 6.42. The number of aliphatic carboxylic acids is 1. The van der Waals surface area contributed by atoms with E-state index in [1.807, 2.05) is 0 Å². The molecule has 1 aromatic carbocycles. The molecule has 1 aliphatic heterocycles. The van der Waals surface area contributed by atoms with Crippen molar-refractivity contribution in [1.29, 1.82) is 0 Å². The van der Waals surface area contributed by atoms with Gasteiger partial charge in [0.05, 0.1) is 9.83 Å². The van der Waals surface area contributed by atoms with Crippen LogP contribution in [0.2, 0.25) is 5.02 Å². The van der Waals surface area contributed by atoms with E-state index >= 15 is 0 Å². The predicted octanol–water partition coefficient (Wildman–Crippen LogP) is 2.53. The molecule has 1 heterocycles. The van der Waals surface area contributed by atoms with Crippen molar-refractivity contribution in [3.63, 3.8) is 0 Å². The molecular weight excluding hydrogens is 352 g/mol. The van der Waals surface area contributed by atoms with Crippen LogP contribution in [0.4, 0.5) is 5.69 Å². The van der Waals surface area contributed by atoms with Gasteiger partial charge in [0.25, 0.3) is 11.6 Å². The predicted molar refractivity (Wildman–Crippen MR) is 85.6 cm³/mol. The number of carbonyl (C=O) groups is 2. The molecule has 0 saturated carbocycles. The lowest BCUT2D eigenvalue weighted by Crippen LogP contribution is -2.33. The normalized spacial score (nSPS) is 16.4. The lowest BCUT2D eigenvalue weighted by Gasteiger charge is -2.10. The van der Waals surface area contributed by atoms with Gasteiger partial charge < -0.3 is 5.11 Å². The Morgan fingerprint density at radius 1 is 1.55 bits per heavy atom. The van der Waals surface area contributed by atoms with Crippen LogP contribution in [0, 0.1) is 10.1 Å². The average Bonchev–Trinajstić information content (AvgIpc) is 2.68. The third-order valence-electron chi connectivity index (χ3n) is 2.64. The summed E-state index contributed by atoms with van der Waals surface area (Å²) in [6.07, 6.45) is 1.36. The van der Waals surface area contributed by atoms with Gasteiger partial charge in [-0.05, 0) is 12.1 Å². The molecule has 2 rings (SSSR count). The zero-order valence-corrected chi connectivity index (χ0v) is 13.1. The van der Waals surface area contributed by atoms with E-state index in [0.717, 1.165) is 16.7 Å². The SMILES string of the molecule is O=C(O)CN1C(=O)/C(=C\c2cc([N+](=O)[O-])ccc2Cl)SC1=S. The topological polar surface area (TPSA) is 101 Å². The summed E-state index contributed by atoms with van der Waals surface area (Å²) in [5.41, 5.74) is 0.114. The number of carboxylic acid groups (broad SMARTS) is 1. The van der Waals surface area contributed by atoms with Crippen LogP contribution < -0.4 is 0 Å². The summed E-state index contributed by atoms with van der Waals surface area (Å²) < 4.78 is 0.111. The molecule has 1 fully saturated rings. The van der Waals surface area contributed by atoms with E-state index in [-0.39, 0.29) is 25.5 Å². The van der Waals surface area contributed by atoms with Gasteiger partial charge in [-0.3, -0.25) is 24.6 Å². The van der Waals surface area contributed by atoms with Crippen LogP contribution in [-0.4, -0.2) is 37.7 Å². The molecule has 0 unspecified atom stereocenters. The van der Waals surface area contributed by atoms with Gasteiger partial charge in [0.2, 0.25) is 0 Å². The third-order valence-corrected chi connectivity index (χ3v) is 4.37. The number of halogens is 1. The first-order valence-electron chi connectivity index (χ1n) is 5.70. The molecule has 10 heteroatoms. The Morgan fingerprint density at radius 2 is 2.23 bits per heavy atom. The number of nitrogens with zero attached hydrogens (tertiary/aromatic N) is 2. The maximum atomic E-state index is 12.1. The van der Waals surface area contributed by atoms with Crippen molar-refractivity contribution >= 4 is 63.5 Å². The smallest absolute Gasteiger partial charge is 0.323 e. The molecule has 0 aromatic heterocycles. The first-order chi connectivity index (χ1) is 10.3. The molecule has 1 aliphatic rings. The molecule has 0 aliphatic carbocycles. The number of benzene rings is 1. The monoisotopic (exact) mass is 358 g/mol. The van der Waals surface area contributed by atoms with E-state index in [2.05, 4.69) is 0 Å². The minimum Gasteiger partial charge on any atom is -0.480 e. The fraction of sp³-hybridized carbons (Fsp3) is 0.0833. The Kier molecular flexibility index (Phi) is 4.79. The highest BCUT2D eigenvalue weighted by atomic mass is 35.5. The van der Waals surface area contributed by atoms with Crippen LogP contribution >= 0.6 is 35.6 Å². The Labute approximate surface area is 138 Å². The summed E-state index contributed by atoms with van der Waals surface area (Å²) in [5.74, 6) is -1.76. The second-order valence-electron chi connectivity index (χ2n) is 4.12. The molecule has 1 aromatic rings. The van der Waals surface area contributed by atoms with Crippen molar-refractivity contribution in [2.24, 2.45) is 0 Å². The molecule has 22 heavy (non-hydrogen) atoms. The molecule has 1 saturated heterocycles. The summed E-state index contributed by atoms with van der Waals surface area (Å²) in [7, 11) is 0. The van der Waals surface area contributed by atoms with Gasteiger partial charge in [-0.25, -0.2) is 0 Å². The van der Waals surface area contributed by atoms with Gasteiger partial charge >= 0.3 is 5.97 Å². The number of nitro benzene ring substituents is 1. The molecule has 1 N–H and O–H groups in total. The number of amides is 1. The lowest BCUT2D eigenvalue weighted by atomic mass is 10.2. The zero-order valence-electron chi connectivity index (χ0n) is 10.7. The quantitative estimate of drug-likeness (QED) is 0.382. The Balaban J connectivity index is 2.36. The summed E-state index contributed by atoms with van der Waals surface area (Å²) in [6, 6.07) is 3.82. The third kappa shape index (κ3) is 3.43. The maximum absolute atomic E-state index is 12.1. The van der Waals surface area contributed by atoms with Crippen molar-refractivity contribution in [1.82, 2.24) is 4.90 Å². The number of non-ortho nitro benzene ring substituents is 1. The summed E-state index contributed by atoms with van der Waals surface area (Å²) >= 11 is 11.8. The van der Waals surface area contributed by atoms with Crippen molar-refractivity contribution in [2.75, 3.05) is 6.54 Å². The Bertz CT molecular complexity index is 734. The van der Waals surface area contributed by atoms with E-state index in [9.17, 15) is 19.7 Å². The lowest BCUT2D eigenvalue weighted by molar-refractivity contribution is -0.384. The van der Waals surface area contributed by atoms with Crippen molar-refractivity contribution in [3.05, 3.63) is 43.8 Å². The summed E-state index contributed by atoms with van der Waals surface area (Å²) in [6.45, 7) is -0.537. The van der Waals surface area contributed by atoms with E-state index in [1.165, 1.54) is 24.3 Å². The fourth-order valence-electron chi connectivity index (χ4n) is 1.67. The van der Waals surface area contributed by atoms with Gasteiger partial charge in [0, 0.05) is 22.7 Å². The van der Waals surface area contributed by atoms with Gasteiger partial charge in [-0.15, -0.1) is 0 Å². The van der Waals surface area contributed by atoms with Gasteiger partial charge in [0.15, 0.2) is 0 Å². The van der Waals surface area contributed by atoms with Crippen LogP contribution in [-0.2, 0) is 9.59 Å². The largest absolute Gasteiger partial charge is 0.480 e. The van der Waals surface area contributed by atoms with E-state index in [0.29, 0.717) is 0 Å². The number of hydrogen-bond donors (Lipinski definition) is 1. The van der Waals surface area contributed by atoms with Crippen molar-refractivity contribution in [2.45, 2.75) is 0 Å².